The normalized spacial score (nSPS) is 12.3. The van der Waals surface area contributed by atoms with Gasteiger partial charge in [-0.25, -0.2) is 0 Å². The van der Waals surface area contributed by atoms with Gasteiger partial charge in [0.2, 0.25) is 0 Å². The van der Waals surface area contributed by atoms with Crippen LogP contribution in [0, 0.1) is 23.2 Å². The SMILES string of the molecule is CC(O)C(C)OCCCCCCCCCCOc1ccc(C#Cc2ccc(C#N)cc2)cc1. The number of rotatable bonds is 14. The number of nitriles is 1. The summed E-state index contributed by atoms with van der Waals surface area (Å²) in [5.74, 6) is 7.14. The maximum absolute atomic E-state index is 9.38. The molecule has 0 radical (unpaired) electrons. The summed E-state index contributed by atoms with van der Waals surface area (Å²) in [5, 5.41) is 18.2. The number of nitrogens with zero attached hydrogens (tertiary/aromatic N) is 1. The van der Waals surface area contributed by atoms with E-state index in [4.69, 9.17) is 14.7 Å². The quantitative estimate of drug-likeness (QED) is 0.275. The highest BCUT2D eigenvalue weighted by Gasteiger charge is 2.07. The highest BCUT2D eigenvalue weighted by molar-refractivity contribution is 5.45. The van der Waals surface area contributed by atoms with Gasteiger partial charge < -0.3 is 14.6 Å². The van der Waals surface area contributed by atoms with Crippen molar-refractivity contribution in [2.45, 2.75) is 77.4 Å². The van der Waals surface area contributed by atoms with Gasteiger partial charge in [-0.1, -0.05) is 50.4 Å². The molecular weight excluding hydrogens is 410 g/mol. The Morgan fingerprint density at radius 2 is 1.15 bits per heavy atom. The first-order chi connectivity index (χ1) is 16.1. The van der Waals surface area contributed by atoms with Gasteiger partial charge in [0.15, 0.2) is 0 Å². The molecule has 0 aliphatic heterocycles. The van der Waals surface area contributed by atoms with Gasteiger partial charge in [-0.3, -0.25) is 0 Å². The molecule has 0 heterocycles. The number of unbranched alkanes of at least 4 members (excludes halogenated alkanes) is 7. The number of benzene rings is 2. The summed E-state index contributed by atoms with van der Waals surface area (Å²) in [5.41, 5.74) is 2.48. The fourth-order valence-corrected chi connectivity index (χ4v) is 3.27. The molecule has 0 aromatic heterocycles. The molecule has 0 saturated heterocycles. The van der Waals surface area contributed by atoms with Gasteiger partial charge >= 0.3 is 0 Å². The third-order valence-corrected chi connectivity index (χ3v) is 5.59. The molecule has 4 heteroatoms. The average molecular weight is 448 g/mol. The lowest BCUT2D eigenvalue weighted by Gasteiger charge is -2.15. The Bertz CT molecular complexity index is 886. The largest absolute Gasteiger partial charge is 0.494 e. The van der Waals surface area contributed by atoms with Crippen molar-refractivity contribution >= 4 is 0 Å². The predicted octanol–water partition coefficient (Wildman–Crippen LogP) is 6.24. The van der Waals surface area contributed by atoms with Crippen LogP contribution >= 0.6 is 0 Å². The van der Waals surface area contributed by atoms with Gasteiger partial charge in [0.25, 0.3) is 0 Å². The summed E-state index contributed by atoms with van der Waals surface area (Å²) in [7, 11) is 0. The van der Waals surface area contributed by atoms with Crippen LogP contribution in [-0.4, -0.2) is 30.5 Å². The van der Waals surface area contributed by atoms with Gasteiger partial charge in [0.05, 0.1) is 30.4 Å². The number of hydrogen-bond acceptors (Lipinski definition) is 4. The third-order valence-electron chi connectivity index (χ3n) is 5.59. The molecule has 2 aromatic rings. The molecule has 0 aliphatic carbocycles. The minimum absolute atomic E-state index is 0.0705. The second-order valence-electron chi connectivity index (χ2n) is 8.46. The third kappa shape index (κ3) is 11.6. The monoisotopic (exact) mass is 447 g/mol. The van der Waals surface area contributed by atoms with Gasteiger partial charge in [-0.05, 0) is 75.2 Å². The fraction of sp³-hybridized carbons (Fsp3) is 0.483. The lowest BCUT2D eigenvalue weighted by molar-refractivity contribution is -0.0194. The van der Waals surface area contributed by atoms with Crippen molar-refractivity contribution < 1.29 is 14.6 Å². The van der Waals surface area contributed by atoms with Gasteiger partial charge in [-0.15, -0.1) is 0 Å². The zero-order chi connectivity index (χ0) is 23.7. The first-order valence-corrected chi connectivity index (χ1v) is 12.1. The van der Waals surface area contributed by atoms with E-state index in [1.54, 1.807) is 19.1 Å². The summed E-state index contributed by atoms with van der Waals surface area (Å²) in [4.78, 5) is 0. The topological polar surface area (TPSA) is 62.5 Å². The zero-order valence-corrected chi connectivity index (χ0v) is 20.1. The molecule has 0 bridgehead atoms. The predicted molar refractivity (Wildman–Crippen MR) is 133 cm³/mol. The Morgan fingerprint density at radius 3 is 1.67 bits per heavy atom. The van der Waals surface area contributed by atoms with E-state index in [0.717, 1.165) is 42.9 Å². The highest BCUT2D eigenvalue weighted by atomic mass is 16.5. The highest BCUT2D eigenvalue weighted by Crippen LogP contribution is 2.14. The van der Waals surface area contributed by atoms with E-state index in [9.17, 15) is 5.11 Å². The first kappa shape index (κ1) is 26.5. The van der Waals surface area contributed by atoms with Crippen LogP contribution in [0.25, 0.3) is 0 Å². The van der Waals surface area contributed by atoms with E-state index in [2.05, 4.69) is 17.9 Å². The molecule has 0 saturated carbocycles. The van der Waals surface area contributed by atoms with E-state index >= 15 is 0 Å². The molecule has 0 spiro atoms. The second-order valence-corrected chi connectivity index (χ2v) is 8.46. The maximum atomic E-state index is 9.38. The first-order valence-electron chi connectivity index (χ1n) is 12.1. The molecule has 0 amide bonds. The molecule has 2 rings (SSSR count). The molecule has 1 N–H and O–H groups in total. The van der Waals surface area contributed by atoms with Crippen LogP contribution in [0.3, 0.4) is 0 Å². The van der Waals surface area contributed by atoms with Crippen LogP contribution in [-0.2, 0) is 4.74 Å². The minimum atomic E-state index is -0.395. The van der Waals surface area contributed by atoms with Gasteiger partial charge in [0.1, 0.15) is 5.75 Å². The van der Waals surface area contributed by atoms with Crippen LogP contribution in [0.1, 0.15) is 81.9 Å². The van der Waals surface area contributed by atoms with Crippen molar-refractivity contribution in [3.8, 4) is 23.7 Å². The lowest BCUT2D eigenvalue weighted by Crippen LogP contribution is -2.23. The summed E-state index contributed by atoms with van der Waals surface area (Å²) in [6.45, 7) is 5.17. The van der Waals surface area contributed by atoms with Crippen molar-refractivity contribution in [2.24, 2.45) is 0 Å². The van der Waals surface area contributed by atoms with Crippen LogP contribution in [0.2, 0.25) is 0 Å². The molecule has 176 valence electrons. The molecular formula is C29H37NO3. The number of aliphatic hydroxyl groups is 1. The number of aliphatic hydroxyl groups excluding tert-OH is 1. The van der Waals surface area contributed by atoms with E-state index in [0.29, 0.717) is 5.56 Å². The molecule has 4 nitrogen and oxygen atoms in total. The Morgan fingerprint density at radius 1 is 0.697 bits per heavy atom. The molecule has 0 fully saturated rings. The molecule has 0 aliphatic rings. The Hall–Kier alpha value is -2.79. The lowest BCUT2D eigenvalue weighted by atomic mass is 10.1. The smallest absolute Gasteiger partial charge is 0.119 e. The zero-order valence-electron chi connectivity index (χ0n) is 20.1. The summed E-state index contributed by atoms with van der Waals surface area (Å²) >= 11 is 0. The van der Waals surface area contributed by atoms with E-state index < -0.39 is 6.10 Å². The van der Waals surface area contributed by atoms with E-state index in [1.807, 2.05) is 43.3 Å². The van der Waals surface area contributed by atoms with Crippen molar-refractivity contribution in [1.29, 1.82) is 5.26 Å². The van der Waals surface area contributed by atoms with Crippen LogP contribution < -0.4 is 4.74 Å². The molecule has 2 aromatic carbocycles. The average Bonchev–Trinajstić information content (AvgIpc) is 2.84. The summed E-state index contributed by atoms with van der Waals surface area (Å²) in [6, 6.07) is 17.3. The van der Waals surface area contributed by atoms with Crippen molar-refractivity contribution in [3.63, 3.8) is 0 Å². The van der Waals surface area contributed by atoms with Gasteiger partial charge in [-0.2, -0.15) is 5.26 Å². The van der Waals surface area contributed by atoms with Crippen LogP contribution in [0.4, 0.5) is 0 Å². The maximum Gasteiger partial charge on any atom is 0.119 e. The molecule has 2 unspecified atom stereocenters. The van der Waals surface area contributed by atoms with Crippen LogP contribution in [0.15, 0.2) is 48.5 Å². The minimum Gasteiger partial charge on any atom is -0.494 e. The molecule has 2 atom stereocenters. The summed E-state index contributed by atoms with van der Waals surface area (Å²) in [6.07, 6.45) is 9.14. The number of hydrogen-bond donors (Lipinski definition) is 1. The van der Waals surface area contributed by atoms with Crippen molar-refractivity contribution in [3.05, 3.63) is 65.2 Å². The Labute approximate surface area is 199 Å². The van der Waals surface area contributed by atoms with Crippen molar-refractivity contribution in [1.82, 2.24) is 0 Å². The standard InChI is InChI=1S/C29H37NO3/c1-24(31)25(2)32-21-9-7-5-3-4-6-8-10-22-33-29-19-17-27(18-20-29)12-11-26-13-15-28(23-30)16-14-26/h13-20,24-25,31H,3-10,21-22H2,1-2H3. The van der Waals surface area contributed by atoms with E-state index in [1.165, 1.54) is 38.5 Å². The van der Waals surface area contributed by atoms with Crippen molar-refractivity contribution in [2.75, 3.05) is 13.2 Å². The van der Waals surface area contributed by atoms with Crippen LogP contribution in [0.5, 0.6) is 5.75 Å². The molecule has 33 heavy (non-hydrogen) atoms. The Kier molecular flexibility index (Phi) is 12.8. The second kappa shape index (κ2) is 15.9. The van der Waals surface area contributed by atoms with Gasteiger partial charge in [0, 0.05) is 17.7 Å². The Balaban J connectivity index is 1.49. The van der Waals surface area contributed by atoms with E-state index in [-0.39, 0.29) is 6.10 Å². The number of ether oxygens (including phenoxy) is 2. The fourth-order valence-electron chi connectivity index (χ4n) is 3.27. The summed E-state index contributed by atoms with van der Waals surface area (Å²) < 4.78 is 11.4.